The van der Waals surface area contributed by atoms with Crippen LogP contribution in [0.25, 0.3) is 11.1 Å². The number of nitrogens with two attached hydrogens (primary N) is 1. The van der Waals surface area contributed by atoms with Gasteiger partial charge in [-0.25, -0.2) is 4.79 Å². The predicted molar refractivity (Wildman–Crippen MR) is 67.7 cm³/mol. The summed E-state index contributed by atoms with van der Waals surface area (Å²) >= 11 is 1.23. The Morgan fingerprint density at radius 1 is 1.35 bits per heavy atom. The van der Waals surface area contributed by atoms with Crippen LogP contribution < -0.4 is 10.5 Å². The van der Waals surface area contributed by atoms with E-state index in [2.05, 4.69) is 0 Å². The zero-order valence-corrected chi connectivity index (χ0v) is 9.95. The van der Waals surface area contributed by atoms with Crippen LogP contribution >= 0.6 is 11.3 Å². The maximum Gasteiger partial charge on any atom is 0.339 e. The maximum absolute atomic E-state index is 11.1. The topological polar surface area (TPSA) is 72.5 Å². The molecule has 88 valence electrons. The highest BCUT2D eigenvalue weighted by Gasteiger charge is 2.17. The fraction of sp³-hybridized carbons (Fsp3) is 0.0833. The Balaban J connectivity index is 2.49. The molecule has 0 fully saturated rings. The molecule has 0 aliphatic heterocycles. The molecular formula is C12H11NO3S. The molecule has 1 aromatic carbocycles. The first-order valence-corrected chi connectivity index (χ1v) is 5.76. The van der Waals surface area contributed by atoms with Crippen molar-refractivity contribution >= 4 is 22.3 Å². The number of rotatable bonds is 3. The Bertz CT molecular complexity index is 545. The van der Waals surface area contributed by atoms with Crippen molar-refractivity contribution in [2.45, 2.75) is 0 Å². The Morgan fingerprint density at radius 2 is 2.00 bits per heavy atom. The van der Waals surface area contributed by atoms with E-state index in [9.17, 15) is 4.79 Å². The van der Waals surface area contributed by atoms with Crippen molar-refractivity contribution < 1.29 is 14.6 Å². The number of ether oxygens (including phenoxy) is 1. The average molecular weight is 249 g/mol. The first-order valence-electron chi connectivity index (χ1n) is 4.88. The molecule has 0 unspecified atom stereocenters. The molecule has 2 rings (SSSR count). The maximum atomic E-state index is 11.1. The van der Waals surface area contributed by atoms with Crippen LogP contribution in [0.4, 0.5) is 5.00 Å². The highest BCUT2D eigenvalue weighted by Crippen LogP contribution is 2.34. The van der Waals surface area contributed by atoms with Crippen LogP contribution in [0.15, 0.2) is 29.6 Å². The highest BCUT2D eigenvalue weighted by atomic mass is 32.1. The molecule has 0 bridgehead atoms. The lowest BCUT2D eigenvalue weighted by molar-refractivity contribution is 0.0699. The summed E-state index contributed by atoms with van der Waals surface area (Å²) in [5, 5.41) is 11.2. The molecule has 2 aromatic rings. The standard InChI is InChI=1S/C12H11NO3S/c1-16-8-4-2-7(3-5-8)9-6-17-11(13)10(9)12(14)15/h2-6H,13H2,1H3,(H,14,15). The minimum atomic E-state index is -1.01. The van der Waals surface area contributed by atoms with Crippen molar-refractivity contribution in [1.29, 1.82) is 0 Å². The van der Waals surface area contributed by atoms with Gasteiger partial charge in [-0.3, -0.25) is 0 Å². The van der Waals surface area contributed by atoms with Gasteiger partial charge in [0.1, 0.15) is 16.3 Å². The zero-order valence-electron chi connectivity index (χ0n) is 9.14. The smallest absolute Gasteiger partial charge is 0.339 e. The van der Waals surface area contributed by atoms with Gasteiger partial charge < -0.3 is 15.6 Å². The molecule has 0 radical (unpaired) electrons. The summed E-state index contributed by atoms with van der Waals surface area (Å²) in [7, 11) is 1.58. The number of anilines is 1. The van der Waals surface area contributed by atoms with E-state index in [1.165, 1.54) is 11.3 Å². The van der Waals surface area contributed by atoms with Gasteiger partial charge in [-0.1, -0.05) is 12.1 Å². The molecular weight excluding hydrogens is 238 g/mol. The number of benzene rings is 1. The molecule has 0 aliphatic rings. The van der Waals surface area contributed by atoms with Crippen molar-refractivity contribution in [2.24, 2.45) is 0 Å². The first-order chi connectivity index (χ1) is 8.13. The van der Waals surface area contributed by atoms with Crippen LogP contribution in [-0.2, 0) is 0 Å². The fourth-order valence-corrected chi connectivity index (χ4v) is 2.39. The highest BCUT2D eigenvalue weighted by molar-refractivity contribution is 7.14. The molecule has 0 saturated carbocycles. The van der Waals surface area contributed by atoms with Crippen molar-refractivity contribution in [3.63, 3.8) is 0 Å². The summed E-state index contributed by atoms with van der Waals surface area (Å²) in [5.41, 5.74) is 7.27. The predicted octanol–water partition coefficient (Wildman–Crippen LogP) is 2.70. The molecule has 0 saturated heterocycles. The van der Waals surface area contributed by atoms with Gasteiger partial charge in [0, 0.05) is 10.9 Å². The van der Waals surface area contributed by atoms with Gasteiger partial charge in [0.2, 0.25) is 0 Å². The lowest BCUT2D eigenvalue weighted by Gasteiger charge is -2.03. The van der Waals surface area contributed by atoms with E-state index in [-0.39, 0.29) is 5.56 Å². The zero-order chi connectivity index (χ0) is 12.4. The molecule has 3 N–H and O–H groups in total. The molecule has 0 spiro atoms. The molecule has 4 nitrogen and oxygen atoms in total. The number of aromatic carboxylic acids is 1. The number of thiophene rings is 1. The van der Waals surface area contributed by atoms with E-state index < -0.39 is 5.97 Å². The number of carboxylic acid groups (broad SMARTS) is 1. The summed E-state index contributed by atoms with van der Waals surface area (Å²) < 4.78 is 5.05. The lowest BCUT2D eigenvalue weighted by atomic mass is 10.0. The third kappa shape index (κ3) is 2.09. The van der Waals surface area contributed by atoms with E-state index in [0.29, 0.717) is 10.6 Å². The second-order valence-electron chi connectivity index (χ2n) is 3.42. The van der Waals surface area contributed by atoms with Crippen LogP contribution in [0, 0.1) is 0 Å². The van der Waals surface area contributed by atoms with Crippen molar-refractivity contribution in [1.82, 2.24) is 0 Å². The average Bonchev–Trinajstić information content (AvgIpc) is 2.71. The number of hydrogen-bond acceptors (Lipinski definition) is 4. The molecule has 0 amide bonds. The Morgan fingerprint density at radius 3 is 2.53 bits per heavy atom. The quantitative estimate of drug-likeness (QED) is 0.877. The number of carboxylic acids is 1. The van der Waals surface area contributed by atoms with E-state index >= 15 is 0 Å². The molecule has 17 heavy (non-hydrogen) atoms. The lowest BCUT2D eigenvalue weighted by Crippen LogP contribution is -2.00. The summed E-state index contributed by atoms with van der Waals surface area (Å²) in [5.74, 6) is -0.275. The van der Waals surface area contributed by atoms with Gasteiger partial charge in [0.25, 0.3) is 0 Å². The summed E-state index contributed by atoms with van der Waals surface area (Å²) in [6.45, 7) is 0. The fourth-order valence-electron chi connectivity index (χ4n) is 1.58. The largest absolute Gasteiger partial charge is 0.497 e. The van der Waals surface area contributed by atoms with Gasteiger partial charge in [0.15, 0.2) is 0 Å². The molecule has 1 aromatic heterocycles. The van der Waals surface area contributed by atoms with Gasteiger partial charge in [0.05, 0.1) is 7.11 Å². The van der Waals surface area contributed by atoms with E-state index in [1.54, 1.807) is 24.6 Å². The van der Waals surface area contributed by atoms with Crippen LogP contribution in [0.5, 0.6) is 5.75 Å². The minimum Gasteiger partial charge on any atom is -0.497 e. The second-order valence-corrected chi connectivity index (χ2v) is 4.33. The Kier molecular flexibility index (Phi) is 3.01. The Hall–Kier alpha value is -2.01. The van der Waals surface area contributed by atoms with E-state index in [0.717, 1.165) is 11.3 Å². The van der Waals surface area contributed by atoms with Gasteiger partial charge in [-0.2, -0.15) is 0 Å². The normalized spacial score (nSPS) is 10.2. The molecule has 5 heteroatoms. The van der Waals surface area contributed by atoms with Crippen molar-refractivity contribution in [3.05, 3.63) is 35.2 Å². The monoisotopic (exact) mass is 249 g/mol. The van der Waals surface area contributed by atoms with Crippen LogP contribution in [0.2, 0.25) is 0 Å². The first kappa shape index (κ1) is 11.5. The number of methoxy groups -OCH3 is 1. The van der Waals surface area contributed by atoms with Crippen LogP contribution in [-0.4, -0.2) is 18.2 Å². The second kappa shape index (κ2) is 4.47. The minimum absolute atomic E-state index is 0.167. The number of hydrogen-bond donors (Lipinski definition) is 2. The molecule has 1 heterocycles. The third-order valence-corrected chi connectivity index (χ3v) is 3.25. The SMILES string of the molecule is COc1ccc(-c2csc(N)c2C(=O)O)cc1. The van der Waals surface area contributed by atoms with Crippen molar-refractivity contribution in [2.75, 3.05) is 12.8 Å². The number of carbonyl (C=O) groups is 1. The van der Waals surface area contributed by atoms with E-state index in [4.69, 9.17) is 15.6 Å². The molecule has 0 atom stereocenters. The van der Waals surface area contributed by atoms with Crippen molar-refractivity contribution in [3.8, 4) is 16.9 Å². The van der Waals surface area contributed by atoms with Gasteiger partial charge in [-0.15, -0.1) is 11.3 Å². The summed E-state index contributed by atoms with van der Waals surface area (Å²) in [4.78, 5) is 11.1. The molecule has 0 aliphatic carbocycles. The van der Waals surface area contributed by atoms with Gasteiger partial charge >= 0.3 is 5.97 Å². The van der Waals surface area contributed by atoms with Gasteiger partial charge in [-0.05, 0) is 17.7 Å². The van der Waals surface area contributed by atoms with E-state index in [1.807, 2.05) is 12.1 Å². The third-order valence-electron chi connectivity index (χ3n) is 2.43. The number of nitrogen functional groups attached to an aromatic ring is 1. The summed E-state index contributed by atoms with van der Waals surface area (Å²) in [6.07, 6.45) is 0. The van der Waals surface area contributed by atoms with Crippen LogP contribution in [0.1, 0.15) is 10.4 Å². The van der Waals surface area contributed by atoms with Crippen LogP contribution in [0.3, 0.4) is 0 Å². The summed E-state index contributed by atoms with van der Waals surface area (Å²) in [6, 6.07) is 7.20. The Labute approximate surface area is 102 Å².